The number of nitriles is 1. The molecular weight excluding hydrogens is 256 g/mol. The molecule has 0 saturated heterocycles. The summed E-state index contributed by atoms with van der Waals surface area (Å²) in [6.07, 6.45) is 0.546. The summed E-state index contributed by atoms with van der Waals surface area (Å²) in [6, 6.07) is 6.97. The number of carbonyl (C=O) groups excluding carboxylic acids is 1. The van der Waals surface area contributed by atoms with Gasteiger partial charge in [0.25, 0.3) is 5.91 Å². The smallest absolute Gasteiger partial charge is 0.256 e. The van der Waals surface area contributed by atoms with Crippen LogP contribution >= 0.6 is 0 Å². The third kappa shape index (κ3) is 3.49. The molecule has 0 aliphatic heterocycles. The van der Waals surface area contributed by atoms with Crippen LogP contribution < -0.4 is 10.1 Å². The first-order valence-electron chi connectivity index (χ1n) is 6.54. The van der Waals surface area contributed by atoms with Crippen LogP contribution in [0.15, 0.2) is 18.2 Å². The third-order valence-corrected chi connectivity index (χ3v) is 3.21. The van der Waals surface area contributed by atoms with Crippen LogP contribution in [0.5, 0.6) is 5.75 Å². The van der Waals surface area contributed by atoms with E-state index in [-0.39, 0.29) is 5.91 Å². The monoisotopic (exact) mass is 276 g/mol. The maximum absolute atomic E-state index is 12.3. The van der Waals surface area contributed by atoms with Gasteiger partial charge in [-0.15, -0.1) is 0 Å². The molecule has 0 spiro atoms. The van der Waals surface area contributed by atoms with Crippen molar-refractivity contribution in [2.45, 2.75) is 32.8 Å². The molecule has 108 valence electrons. The van der Waals surface area contributed by atoms with Gasteiger partial charge in [-0.2, -0.15) is 5.26 Å². The molecule has 0 fully saturated rings. The first kappa shape index (κ1) is 16.0. The molecule has 1 aromatic carbocycles. The molecule has 0 unspecified atom stereocenters. The lowest BCUT2D eigenvalue weighted by atomic mass is 10.0. The standard InChI is InChI=1S/C15H20N2O3/c1-5-15(3,20-6-2)14(18)17-13-8-7-12(19-4)9-11(13)10-16/h7-9H,5-6H2,1-4H3,(H,17,18)/t15-/m0/s1. The predicted octanol–water partition coefficient (Wildman–Crippen LogP) is 2.71. The second-order valence-electron chi connectivity index (χ2n) is 4.49. The van der Waals surface area contributed by atoms with Gasteiger partial charge < -0.3 is 14.8 Å². The molecule has 0 bridgehead atoms. The van der Waals surface area contributed by atoms with E-state index in [4.69, 9.17) is 14.7 Å². The van der Waals surface area contributed by atoms with Gasteiger partial charge in [0.1, 0.15) is 17.4 Å². The minimum atomic E-state index is -0.901. The highest BCUT2D eigenvalue weighted by Gasteiger charge is 2.32. The number of methoxy groups -OCH3 is 1. The topological polar surface area (TPSA) is 71.3 Å². The summed E-state index contributed by atoms with van der Waals surface area (Å²) < 4.78 is 10.6. The lowest BCUT2D eigenvalue weighted by Gasteiger charge is -2.27. The van der Waals surface area contributed by atoms with Crippen LogP contribution in [-0.2, 0) is 9.53 Å². The number of benzene rings is 1. The van der Waals surface area contributed by atoms with Crippen LogP contribution in [-0.4, -0.2) is 25.2 Å². The minimum absolute atomic E-state index is 0.261. The fraction of sp³-hybridized carbons (Fsp3) is 0.467. The van der Waals surface area contributed by atoms with E-state index in [1.807, 2.05) is 19.9 Å². The first-order chi connectivity index (χ1) is 9.50. The van der Waals surface area contributed by atoms with E-state index in [1.165, 1.54) is 7.11 Å². The van der Waals surface area contributed by atoms with Crippen molar-refractivity contribution in [2.24, 2.45) is 0 Å². The van der Waals surface area contributed by atoms with E-state index in [0.717, 1.165) is 0 Å². The van der Waals surface area contributed by atoms with Crippen LogP contribution in [0.25, 0.3) is 0 Å². The molecule has 0 radical (unpaired) electrons. The summed E-state index contributed by atoms with van der Waals surface area (Å²) in [4.78, 5) is 12.3. The van der Waals surface area contributed by atoms with Crippen molar-refractivity contribution in [1.82, 2.24) is 0 Å². The summed E-state index contributed by atoms with van der Waals surface area (Å²) in [5, 5.41) is 11.9. The van der Waals surface area contributed by atoms with Gasteiger partial charge in [-0.1, -0.05) is 6.92 Å². The van der Waals surface area contributed by atoms with E-state index in [2.05, 4.69) is 5.32 Å². The van der Waals surface area contributed by atoms with Crippen molar-refractivity contribution in [1.29, 1.82) is 5.26 Å². The Hall–Kier alpha value is -2.06. The number of rotatable bonds is 6. The highest BCUT2D eigenvalue weighted by atomic mass is 16.5. The van der Waals surface area contributed by atoms with E-state index < -0.39 is 5.60 Å². The number of amides is 1. The quantitative estimate of drug-likeness (QED) is 0.867. The molecule has 0 aliphatic rings. The fourth-order valence-electron chi connectivity index (χ4n) is 1.75. The predicted molar refractivity (Wildman–Crippen MR) is 76.7 cm³/mol. The number of anilines is 1. The fourth-order valence-corrected chi connectivity index (χ4v) is 1.75. The Balaban J connectivity index is 2.98. The molecule has 0 saturated carbocycles. The summed E-state index contributed by atoms with van der Waals surface area (Å²) in [5.74, 6) is 0.311. The molecule has 1 atom stereocenters. The molecule has 1 N–H and O–H groups in total. The molecular formula is C15H20N2O3. The van der Waals surface area contributed by atoms with E-state index in [1.54, 1.807) is 25.1 Å². The van der Waals surface area contributed by atoms with Gasteiger partial charge in [-0.3, -0.25) is 4.79 Å². The second kappa shape index (κ2) is 6.92. The molecule has 0 heterocycles. The summed E-state index contributed by atoms with van der Waals surface area (Å²) in [6.45, 7) is 5.91. The van der Waals surface area contributed by atoms with Crippen molar-refractivity contribution < 1.29 is 14.3 Å². The van der Waals surface area contributed by atoms with Crippen LogP contribution in [0.1, 0.15) is 32.8 Å². The summed E-state index contributed by atoms with van der Waals surface area (Å²) in [5.41, 5.74) is -0.0909. The van der Waals surface area contributed by atoms with Crippen molar-refractivity contribution in [3.8, 4) is 11.8 Å². The lowest BCUT2D eigenvalue weighted by molar-refractivity contribution is -0.139. The summed E-state index contributed by atoms with van der Waals surface area (Å²) in [7, 11) is 1.53. The second-order valence-corrected chi connectivity index (χ2v) is 4.49. The van der Waals surface area contributed by atoms with Gasteiger partial charge in [-0.05, 0) is 38.5 Å². The van der Waals surface area contributed by atoms with Crippen LogP contribution in [0, 0.1) is 11.3 Å². The Labute approximate surface area is 119 Å². The largest absolute Gasteiger partial charge is 0.497 e. The minimum Gasteiger partial charge on any atom is -0.497 e. The van der Waals surface area contributed by atoms with Crippen molar-refractivity contribution in [3.05, 3.63) is 23.8 Å². The van der Waals surface area contributed by atoms with Crippen LogP contribution in [0.2, 0.25) is 0 Å². The first-order valence-corrected chi connectivity index (χ1v) is 6.54. The number of ether oxygens (including phenoxy) is 2. The number of hydrogen-bond acceptors (Lipinski definition) is 4. The van der Waals surface area contributed by atoms with Gasteiger partial charge in [-0.25, -0.2) is 0 Å². The zero-order chi connectivity index (χ0) is 15.2. The molecule has 0 aromatic heterocycles. The average Bonchev–Trinajstić information content (AvgIpc) is 2.47. The zero-order valence-corrected chi connectivity index (χ0v) is 12.3. The molecule has 1 aromatic rings. The third-order valence-electron chi connectivity index (χ3n) is 3.21. The van der Waals surface area contributed by atoms with Gasteiger partial charge in [0.2, 0.25) is 0 Å². The van der Waals surface area contributed by atoms with Crippen molar-refractivity contribution in [3.63, 3.8) is 0 Å². The van der Waals surface area contributed by atoms with Gasteiger partial charge >= 0.3 is 0 Å². The Kier molecular flexibility index (Phi) is 5.53. The molecule has 0 aliphatic carbocycles. The molecule has 1 amide bonds. The molecule has 1 rings (SSSR count). The van der Waals surface area contributed by atoms with Gasteiger partial charge in [0.15, 0.2) is 0 Å². The number of hydrogen-bond donors (Lipinski definition) is 1. The van der Waals surface area contributed by atoms with E-state index in [0.29, 0.717) is 30.0 Å². The van der Waals surface area contributed by atoms with Crippen molar-refractivity contribution in [2.75, 3.05) is 19.0 Å². The molecule has 5 heteroatoms. The highest BCUT2D eigenvalue weighted by Crippen LogP contribution is 2.24. The maximum atomic E-state index is 12.3. The van der Waals surface area contributed by atoms with E-state index in [9.17, 15) is 4.79 Å². The van der Waals surface area contributed by atoms with E-state index >= 15 is 0 Å². The number of nitrogens with zero attached hydrogens (tertiary/aromatic N) is 1. The highest BCUT2D eigenvalue weighted by molar-refractivity contribution is 5.98. The SMILES string of the molecule is CCO[C@@](C)(CC)C(=O)Nc1ccc(OC)cc1C#N. The molecule has 5 nitrogen and oxygen atoms in total. The van der Waals surface area contributed by atoms with Crippen molar-refractivity contribution >= 4 is 11.6 Å². The Morgan fingerprint density at radius 1 is 1.45 bits per heavy atom. The van der Waals surface area contributed by atoms with Crippen LogP contribution in [0.3, 0.4) is 0 Å². The summed E-state index contributed by atoms with van der Waals surface area (Å²) >= 11 is 0. The van der Waals surface area contributed by atoms with Crippen LogP contribution in [0.4, 0.5) is 5.69 Å². The number of carbonyl (C=O) groups is 1. The number of nitrogens with one attached hydrogen (secondary N) is 1. The normalized spacial score (nSPS) is 13.2. The Bertz CT molecular complexity index is 522. The Morgan fingerprint density at radius 2 is 2.15 bits per heavy atom. The van der Waals surface area contributed by atoms with Gasteiger partial charge in [0.05, 0.1) is 18.4 Å². The zero-order valence-electron chi connectivity index (χ0n) is 12.3. The average molecular weight is 276 g/mol. The lowest BCUT2D eigenvalue weighted by Crippen LogP contribution is -2.42. The Morgan fingerprint density at radius 3 is 2.65 bits per heavy atom. The maximum Gasteiger partial charge on any atom is 0.256 e. The molecule has 20 heavy (non-hydrogen) atoms. The van der Waals surface area contributed by atoms with Gasteiger partial charge in [0, 0.05) is 6.61 Å².